The molecule has 2 heterocycles. The van der Waals surface area contributed by atoms with Crippen LogP contribution in [0, 0.1) is 0 Å². The number of rotatable bonds is 12. The zero-order valence-corrected chi connectivity index (χ0v) is 33.8. The number of benzene rings is 6. The Balaban J connectivity index is 1.16. The number of aromatic nitrogens is 4. The number of nitrogens with zero attached hydrogens (tertiary/aromatic N) is 3. The molecule has 302 valence electrons. The smallest absolute Gasteiger partial charge is 0.320 e. The first-order chi connectivity index (χ1) is 29.6. The molecule has 0 fully saturated rings. The zero-order valence-electron chi connectivity index (χ0n) is 33.8. The van der Waals surface area contributed by atoms with Crippen LogP contribution < -0.4 is 31.0 Å². The summed E-state index contributed by atoms with van der Waals surface area (Å²) in [6.45, 7) is 6.57. The summed E-state index contributed by atoms with van der Waals surface area (Å²) in [7, 11) is 1.56. The molecular formula is C49H41N7O5. The second kappa shape index (κ2) is 15.6. The van der Waals surface area contributed by atoms with Gasteiger partial charge in [-0.2, -0.15) is 15.0 Å². The van der Waals surface area contributed by atoms with Crippen LogP contribution in [0.2, 0.25) is 0 Å². The highest BCUT2D eigenvalue weighted by molar-refractivity contribution is 6.30. The number of para-hydroxylation sites is 2. The third-order valence-corrected chi connectivity index (χ3v) is 11.1. The number of carbonyl (C=O) groups excluding carboxylic acids is 1. The number of H-pyrrole nitrogens is 1. The van der Waals surface area contributed by atoms with Crippen LogP contribution in [0.3, 0.4) is 0 Å². The van der Waals surface area contributed by atoms with E-state index < -0.39 is 6.01 Å². The average molecular weight is 808 g/mol. The van der Waals surface area contributed by atoms with Crippen LogP contribution in [-0.4, -0.2) is 37.9 Å². The fourth-order valence-corrected chi connectivity index (χ4v) is 7.65. The molecule has 0 amide bonds. The lowest BCUT2D eigenvalue weighted by Crippen LogP contribution is -2.19. The van der Waals surface area contributed by atoms with Gasteiger partial charge in [0.05, 0.1) is 35.1 Å². The summed E-state index contributed by atoms with van der Waals surface area (Å²) in [4.78, 5) is 44.8. The Morgan fingerprint density at radius 2 is 1.33 bits per heavy atom. The van der Waals surface area contributed by atoms with Crippen LogP contribution in [0.5, 0.6) is 23.3 Å². The predicted octanol–water partition coefficient (Wildman–Crippen LogP) is 11.0. The van der Waals surface area contributed by atoms with Crippen molar-refractivity contribution in [1.82, 2.24) is 19.9 Å². The number of aromatic hydroxyl groups is 1. The monoisotopic (exact) mass is 807 g/mol. The van der Waals surface area contributed by atoms with Crippen molar-refractivity contribution in [3.63, 3.8) is 0 Å². The molecular weight excluding hydrogens is 767 g/mol. The van der Waals surface area contributed by atoms with E-state index in [1.807, 2.05) is 97.1 Å². The first-order valence-corrected chi connectivity index (χ1v) is 19.8. The molecule has 1 aliphatic rings. The summed E-state index contributed by atoms with van der Waals surface area (Å²) in [5.41, 5.74) is 6.86. The van der Waals surface area contributed by atoms with E-state index in [0.717, 1.165) is 12.0 Å². The summed E-state index contributed by atoms with van der Waals surface area (Å²) < 4.78 is 12.1. The summed E-state index contributed by atoms with van der Waals surface area (Å²) in [6.07, 6.45) is 0.967. The van der Waals surface area contributed by atoms with Gasteiger partial charge in [0.15, 0.2) is 11.5 Å². The first-order valence-electron chi connectivity index (χ1n) is 19.8. The molecule has 0 unspecified atom stereocenters. The molecule has 1 aliphatic carbocycles. The van der Waals surface area contributed by atoms with Crippen molar-refractivity contribution in [3.8, 4) is 45.5 Å². The fraction of sp³-hybridized carbons (Fsp3) is 0.122. The SMILES string of the molecule is CCC(C)(C)c1ccc(Oc2cc(Nc3cccc(Nc4nc(O)nc(Nc5ccccc5OC)n4)c3)c3c4c(c(-c5ccccc5)c(=O)[nH]c24)-c2ccccc2C3=O)cc1. The molecule has 2 aromatic heterocycles. The lowest BCUT2D eigenvalue weighted by atomic mass is 9.80. The molecule has 12 heteroatoms. The number of aromatic amines is 1. The first kappa shape index (κ1) is 38.5. The average Bonchev–Trinajstić information content (AvgIpc) is 3.26. The number of ether oxygens (including phenoxy) is 2. The minimum atomic E-state index is -0.488. The highest BCUT2D eigenvalue weighted by Gasteiger charge is 2.33. The van der Waals surface area contributed by atoms with Gasteiger partial charge < -0.3 is 35.5 Å². The topological polar surface area (TPSA) is 163 Å². The second-order valence-corrected chi connectivity index (χ2v) is 15.3. The Bertz CT molecular complexity index is 3040. The second-order valence-electron chi connectivity index (χ2n) is 15.3. The molecule has 0 spiro atoms. The number of nitrogens with one attached hydrogen (secondary N) is 4. The Kier molecular flexibility index (Phi) is 9.88. The van der Waals surface area contributed by atoms with E-state index in [2.05, 4.69) is 68.8 Å². The van der Waals surface area contributed by atoms with Crippen molar-refractivity contribution >= 4 is 51.3 Å². The minimum Gasteiger partial charge on any atom is -0.495 e. The van der Waals surface area contributed by atoms with Gasteiger partial charge in [-0.15, -0.1) is 0 Å². The van der Waals surface area contributed by atoms with E-state index in [1.165, 1.54) is 5.56 Å². The van der Waals surface area contributed by atoms with Gasteiger partial charge >= 0.3 is 6.01 Å². The zero-order chi connectivity index (χ0) is 42.3. The van der Waals surface area contributed by atoms with Crippen molar-refractivity contribution in [1.29, 1.82) is 0 Å². The number of hydrogen-bond donors (Lipinski definition) is 5. The third-order valence-electron chi connectivity index (χ3n) is 11.1. The van der Waals surface area contributed by atoms with Crippen molar-refractivity contribution in [3.05, 3.63) is 161 Å². The lowest BCUT2D eigenvalue weighted by molar-refractivity contribution is 0.104. The number of hydrogen-bond acceptors (Lipinski definition) is 11. The molecule has 0 radical (unpaired) electrons. The Morgan fingerprint density at radius 3 is 2.07 bits per heavy atom. The van der Waals surface area contributed by atoms with Crippen LogP contribution in [0.4, 0.5) is 34.6 Å². The largest absolute Gasteiger partial charge is 0.495 e. The Labute approximate surface area is 351 Å². The normalized spacial score (nSPS) is 11.8. The van der Waals surface area contributed by atoms with Gasteiger partial charge in [-0.3, -0.25) is 9.59 Å². The van der Waals surface area contributed by atoms with Crippen molar-refractivity contribution in [2.45, 2.75) is 32.6 Å². The molecule has 9 rings (SSSR count). The van der Waals surface area contributed by atoms with Crippen LogP contribution in [0.25, 0.3) is 33.2 Å². The molecule has 5 N–H and O–H groups in total. The van der Waals surface area contributed by atoms with E-state index in [0.29, 0.717) is 78.7 Å². The van der Waals surface area contributed by atoms with E-state index in [-0.39, 0.29) is 28.7 Å². The van der Waals surface area contributed by atoms with Crippen molar-refractivity contribution < 1.29 is 19.4 Å². The summed E-state index contributed by atoms with van der Waals surface area (Å²) in [5.74, 6) is 1.48. The van der Waals surface area contributed by atoms with Gasteiger partial charge in [0.1, 0.15) is 11.5 Å². The third kappa shape index (κ3) is 7.35. The van der Waals surface area contributed by atoms with E-state index in [4.69, 9.17) is 9.47 Å². The molecule has 0 saturated carbocycles. The summed E-state index contributed by atoms with van der Waals surface area (Å²) in [5, 5.41) is 20.7. The molecule has 6 aromatic carbocycles. The Morgan fingerprint density at radius 1 is 0.656 bits per heavy atom. The maximum Gasteiger partial charge on any atom is 0.320 e. The van der Waals surface area contributed by atoms with Crippen LogP contribution >= 0.6 is 0 Å². The fourth-order valence-electron chi connectivity index (χ4n) is 7.65. The Hall–Kier alpha value is -7.99. The van der Waals surface area contributed by atoms with Gasteiger partial charge in [-0.1, -0.05) is 106 Å². The lowest BCUT2D eigenvalue weighted by Gasteiger charge is -2.26. The standard InChI is InChI=1S/C49H41N7O5/c1-5-49(2,3)29-22-24-32(25-23-29)61-38-27-36(41-42-40(33-18-9-10-19-34(33)44(41)57)39(45(58)53-43(38)42)28-14-7-6-8-15-28)50-30-16-13-17-31(26-30)51-46-54-47(56-48(59)55-46)52-35-20-11-12-21-37(35)60-4/h6-27,50H,5H2,1-4H3,(H,53,58)(H3,51,52,54,55,56,59). The highest BCUT2D eigenvalue weighted by Crippen LogP contribution is 2.49. The predicted molar refractivity (Wildman–Crippen MR) is 239 cm³/mol. The van der Waals surface area contributed by atoms with Crippen LogP contribution in [0.15, 0.2) is 138 Å². The molecule has 0 saturated heterocycles. The number of pyridine rings is 1. The van der Waals surface area contributed by atoms with Gasteiger partial charge in [-0.05, 0) is 71.0 Å². The van der Waals surface area contributed by atoms with Crippen LogP contribution in [0.1, 0.15) is 48.7 Å². The number of carbonyl (C=O) groups is 1. The van der Waals surface area contributed by atoms with E-state index in [9.17, 15) is 14.7 Å². The quantitative estimate of drug-likeness (QED) is 0.0798. The summed E-state index contributed by atoms with van der Waals surface area (Å²) in [6, 6.07) is 40.7. The van der Waals surface area contributed by atoms with Gasteiger partial charge in [-0.25, -0.2) is 0 Å². The van der Waals surface area contributed by atoms with Crippen molar-refractivity contribution in [2.24, 2.45) is 0 Å². The van der Waals surface area contributed by atoms with E-state index in [1.54, 1.807) is 31.4 Å². The maximum absolute atomic E-state index is 14.8. The van der Waals surface area contributed by atoms with Crippen molar-refractivity contribution in [2.75, 3.05) is 23.1 Å². The molecule has 0 aliphatic heterocycles. The molecule has 0 bridgehead atoms. The van der Waals surface area contributed by atoms with Gasteiger partial charge in [0.25, 0.3) is 5.56 Å². The molecule has 0 atom stereocenters. The minimum absolute atomic E-state index is 0.0223. The highest BCUT2D eigenvalue weighted by atomic mass is 16.5. The molecule has 61 heavy (non-hydrogen) atoms. The van der Waals surface area contributed by atoms with Crippen LogP contribution in [-0.2, 0) is 5.41 Å². The van der Waals surface area contributed by atoms with Gasteiger partial charge in [0, 0.05) is 34.0 Å². The summed E-state index contributed by atoms with van der Waals surface area (Å²) >= 11 is 0. The number of ketones is 1. The molecule has 12 nitrogen and oxygen atoms in total. The number of methoxy groups -OCH3 is 1. The number of fused-ring (bicyclic) bond motifs is 2. The van der Waals surface area contributed by atoms with E-state index >= 15 is 0 Å². The maximum atomic E-state index is 14.8. The molecule has 8 aromatic rings. The number of anilines is 6. The van der Waals surface area contributed by atoms with Gasteiger partial charge in [0.2, 0.25) is 11.9 Å².